The highest BCUT2D eigenvalue weighted by Crippen LogP contribution is 2.17. The lowest BCUT2D eigenvalue weighted by atomic mass is 10.1. The molecule has 0 amide bonds. The molecule has 1 aliphatic rings. The van der Waals surface area contributed by atoms with E-state index >= 15 is 0 Å². The van der Waals surface area contributed by atoms with Crippen molar-refractivity contribution in [1.29, 1.82) is 0 Å². The topological polar surface area (TPSA) is 66.4 Å². The zero-order valence-electron chi connectivity index (χ0n) is 9.98. The minimum atomic E-state index is -3.81. The lowest BCUT2D eigenvalue weighted by Crippen LogP contribution is -2.37. The van der Waals surface area contributed by atoms with Crippen LogP contribution < -0.4 is 5.32 Å². The first-order chi connectivity index (χ1) is 7.47. The predicted octanol–water partition coefficient (Wildman–Crippen LogP) is 1.97. The van der Waals surface area contributed by atoms with E-state index in [1.807, 2.05) is 6.92 Å². The van der Waals surface area contributed by atoms with Crippen molar-refractivity contribution < 1.29 is 13.0 Å². The molecule has 0 saturated heterocycles. The molecule has 16 heavy (non-hydrogen) atoms. The molecular formula is C11H23NO3S. The van der Waals surface area contributed by atoms with Crippen molar-refractivity contribution >= 4 is 10.1 Å². The second kappa shape index (κ2) is 6.57. The van der Waals surface area contributed by atoms with Gasteiger partial charge in [0.05, 0.1) is 5.75 Å². The Hall–Kier alpha value is -0.130. The summed E-state index contributed by atoms with van der Waals surface area (Å²) in [5.41, 5.74) is 0. The third kappa shape index (κ3) is 6.45. The Bertz CT molecular complexity index is 282. The van der Waals surface area contributed by atoms with Crippen LogP contribution in [0.15, 0.2) is 0 Å². The average molecular weight is 249 g/mol. The molecule has 0 heterocycles. The molecule has 0 unspecified atom stereocenters. The molecule has 1 fully saturated rings. The van der Waals surface area contributed by atoms with Crippen LogP contribution in [0.3, 0.4) is 0 Å². The highest BCUT2D eigenvalue weighted by Gasteiger charge is 2.15. The number of hydrogen-bond donors (Lipinski definition) is 2. The van der Waals surface area contributed by atoms with Crippen LogP contribution in [0.5, 0.6) is 0 Å². The zero-order valence-corrected chi connectivity index (χ0v) is 10.8. The Kier molecular flexibility index (Phi) is 5.72. The highest BCUT2D eigenvalue weighted by atomic mass is 32.2. The summed E-state index contributed by atoms with van der Waals surface area (Å²) >= 11 is 0. The van der Waals surface area contributed by atoms with Crippen LogP contribution in [0.1, 0.15) is 51.9 Å². The van der Waals surface area contributed by atoms with Gasteiger partial charge in [0.15, 0.2) is 0 Å². The minimum Gasteiger partial charge on any atom is -0.311 e. The molecule has 1 saturated carbocycles. The minimum absolute atomic E-state index is 0.145. The van der Waals surface area contributed by atoms with Crippen molar-refractivity contribution in [2.45, 2.75) is 64.0 Å². The van der Waals surface area contributed by atoms with Crippen molar-refractivity contribution in [2.75, 3.05) is 5.75 Å². The number of rotatable bonds is 5. The molecule has 5 heteroatoms. The van der Waals surface area contributed by atoms with E-state index in [1.54, 1.807) is 0 Å². The molecule has 1 rings (SSSR count). The van der Waals surface area contributed by atoms with Gasteiger partial charge in [-0.15, -0.1) is 0 Å². The molecule has 96 valence electrons. The van der Waals surface area contributed by atoms with E-state index in [1.165, 1.54) is 38.5 Å². The summed E-state index contributed by atoms with van der Waals surface area (Å²) in [4.78, 5) is 0. The molecule has 1 aliphatic carbocycles. The van der Waals surface area contributed by atoms with Crippen LogP contribution in [0.2, 0.25) is 0 Å². The quantitative estimate of drug-likeness (QED) is 0.577. The van der Waals surface area contributed by atoms with Gasteiger partial charge in [0.1, 0.15) is 0 Å². The van der Waals surface area contributed by atoms with Crippen LogP contribution >= 0.6 is 0 Å². The Morgan fingerprint density at radius 3 is 2.31 bits per heavy atom. The number of nitrogens with one attached hydrogen (secondary N) is 1. The standard InChI is InChI=1S/C11H23NO3S/c1-10(8-9-16(13,14)15)12-11-6-4-2-3-5-7-11/h10-12H,2-9H2,1H3,(H,13,14,15)/t10-/m0/s1. The van der Waals surface area contributed by atoms with Gasteiger partial charge in [-0.1, -0.05) is 25.7 Å². The van der Waals surface area contributed by atoms with Crippen LogP contribution in [0.25, 0.3) is 0 Å². The molecule has 0 bridgehead atoms. The second-order valence-electron chi connectivity index (χ2n) is 4.83. The van der Waals surface area contributed by atoms with Gasteiger partial charge in [-0.2, -0.15) is 8.42 Å². The fraction of sp³-hybridized carbons (Fsp3) is 1.00. The van der Waals surface area contributed by atoms with E-state index in [4.69, 9.17) is 4.55 Å². The molecule has 4 nitrogen and oxygen atoms in total. The molecule has 0 spiro atoms. The second-order valence-corrected chi connectivity index (χ2v) is 6.40. The molecule has 1 atom stereocenters. The molecule has 0 aromatic rings. The maximum Gasteiger partial charge on any atom is 0.264 e. The van der Waals surface area contributed by atoms with E-state index in [9.17, 15) is 8.42 Å². The first-order valence-electron chi connectivity index (χ1n) is 6.18. The van der Waals surface area contributed by atoms with Gasteiger partial charge >= 0.3 is 0 Å². The van der Waals surface area contributed by atoms with Gasteiger partial charge in [0.25, 0.3) is 10.1 Å². The molecule has 0 radical (unpaired) electrons. The monoisotopic (exact) mass is 249 g/mol. The third-order valence-electron chi connectivity index (χ3n) is 3.18. The summed E-state index contributed by atoms with van der Waals surface area (Å²) in [5.74, 6) is -0.145. The van der Waals surface area contributed by atoms with Crippen LogP contribution in [-0.2, 0) is 10.1 Å². The van der Waals surface area contributed by atoms with Crippen molar-refractivity contribution in [1.82, 2.24) is 5.32 Å². The lowest BCUT2D eigenvalue weighted by molar-refractivity contribution is 0.397. The highest BCUT2D eigenvalue weighted by molar-refractivity contribution is 7.85. The molecule has 0 aromatic carbocycles. The normalized spacial score (nSPS) is 21.6. The molecule has 0 aliphatic heterocycles. The van der Waals surface area contributed by atoms with Crippen molar-refractivity contribution in [3.05, 3.63) is 0 Å². The molecule has 0 aromatic heterocycles. The van der Waals surface area contributed by atoms with Gasteiger partial charge < -0.3 is 5.32 Å². The first-order valence-corrected chi connectivity index (χ1v) is 7.79. The van der Waals surface area contributed by atoms with Gasteiger partial charge in [0.2, 0.25) is 0 Å². The van der Waals surface area contributed by atoms with Crippen molar-refractivity contribution in [3.63, 3.8) is 0 Å². The fourth-order valence-corrected chi connectivity index (χ4v) is 2.91. The van der Waals surface area contributed by atoms with E-state index in [0.717, 1.165) is 0 Å². The summed E-state index contributed by atoms with van der Waals surface area (Å²) in [5, 5.41) is 3.46. The van der Waals surface area contributed by atoms with Crippen molar-refractivity contribution in [3.8, 4) is 0 Å². The van der Waals surface area contributed by atoms with Crippen LogP contribution in [-0.4, -0.2) is 30.8 Å². The summed E-state index contributed by atoms with van der Waals surface area (Å²) in [6.07, 6.45) is 8.03. The van der Waals surface area contributed by atoms with Gasteiger partial charge in [-0.25, -0.2) is 0 Å². The zero-order chi connectivity index (χ0) is 12.0. The fourth-order valence-electron chi connectivity index (χ4n) is 2.26. The SMILES string of the molecule is C[C@@H](CCS(=O)(=O)O)NC1CCCCCC1. The van der Waals surface area contributed by atoms with Crippen LogP contribution in [0.4, 0.5) is 0 Å². The van der Waals surface area contributed by atoms with Gasteiger partial charge in [-0.05, 0) is 26.2 Å². The summed E-state index contributed by atoms with van der Waals surface area (Å²) < 4.78 is 29.9. The predicted molar refractivity (Wildman–Crippen MR) is 65.1 cm³/mol. The summed E-state index contributed by atoms with van der Waals surface area (Å²) in [7, 11) is -3.81. The van der Waals surface area contributed by atoms with Gasteiger partial charge in [-0.3, -0.25) is 4.55 Å². The van der Waals surface area contributed by atoms with E-state index in [2.05, 4.69) is 5.32 Å². The van der Waals surface area contributed by atoms with E-state index in [-0.39, 0.29) is 11.8 Å². The molecular weight excluding hydrogens is 226 g/mol. The Morgan fingerprint density at radius 1 is 1.25 bits per heavy atom. The number of hydrogen-bond acceptors (Lipinski definition) is 3. The van der Waals surface area contributed by atoms with Gasteiger partial charge in [0, 0.05) is 12.1 Å². The Balaban J connectivity index is 2.24. The van der Waals surface area contributed by atoms with Crippen molar-refractivity contribution in [2.24, 2.45) is 0 Å². The third-order valence-corrected chi connectivity index (χ3v) is 3.94. The lowest BCUT2D eigenvalue weighted by Gasteiger charge is -2.21. The first kappa shape index (κ1) is 13.9. The Labute approximate surface area is 98.6 Å². The van der Waals surface area contributed by atoms with Crippen LogP contribution in [0, 0.1) is 0 Å². The Morgan fingerprint density at radius 2 is 1.81 bits per heavy atom. The molecule has 2 N–H and O–H groups in total. The smallest absolute Gasteiger partial charge is 0.264 e. The average Bonchev–Trinajstić information content (AvgIpc) is 2.42. The maximum absolute atomic E-state index is 10.6. The summed E-state index contributed by atoms with van der Waals surface area (Å²) in [6.45, 7) is 1.98. The maximum atomic E-state index is 10.6. The largest absolute Gasteiger partial charge is 0.311 e. The summed E-state index contributed by atoms with van der Waals surface area (Å²) in [6, 6.07) is 0.684. The van der Waals surface area contributed by atoms with E-state index < -0.39 is 10.1 Å². The van der Waals surface area contributed by atoms with E-state index in [0.29, 0.717) is 12.5 Å².